The Balaban J connectivity index is 2.18. The van der Waals surface area contributed by atoms with E-state index in [1.54, 1.807) is 12.1 Å². The topological polar surface area (TPSA) is 69.4 Å². The van der Waals surface area contributed by atoms with Gasteiger partial charge in [-0.3, -0.25) is 14.9 Å². The van der Waals surface area contributed by atoms with E-state index in [-0.39, 0.29) is 17.6 Å². The number of Topliss-reactive ketones (excluding diaryl/α,β-unsaturated/α-hetero) is 1. The molecule has 0 aliphatic heterocycles. The maximum absolute atomic E-state index is 11.1. The molecule has 0 bridgehead atoms. The Bertz CT molecular complexity index is 475. The highest BCUT2D eigenvalue weighted by atomic mass is 79.9. The van der Waals surface area contributed by atoms with Gasteiger partial charge in [0.15, 0.2) is 0 Å². The number of nitro groups is 1. The van der Waals surface area contributed by atoms with E-state index in [0.29, 0.717) is 29.5 Å². The zero-order valence-electron chi connectivity index (χ0n) is 8.89. The molecule has 1 aliphatic rings. The number of hydrogen-bond donors (Lipinski definition) is 0. The summed E-state index contributed by atoms with van der Waals surface area (Å²) in [5.74, 6) is 0.593. The van der Waals surface area contributed by atoms with Crippen LogP contribution in [-0.4, -0.2) is 16.8 Å². The molecule has 1 atom stereocenters. The molecule has 17 heavy (non-hydrogen) atoms. The summed E-state index contributed by atoms with van der Waals surface area (Å²) < 4.78 is 5.92. The van der Waals surface area contributed by atoms with Crippen molar-refractivity contribution >= 4 is 27.4 Å². The standard InChI is InChI=1S/C11H10BrNO4/c12-11-9(13(15)16)2-1-3-10(11)17-8-5-4-7(14)6-8/h1-3,8H,4-6H2. The Hall–Kier alpha value is -1.43. The number of benzene rings is 1. The van der Waals surface area contributed by atoms with Crippen LogP contribution in [0.5, 0.6) is 5.75 Å². The number of hydrogen-bond acceptors (Lipinski definition) is 4. The van der Waals surface area contributed by atoms with Crippen LogP contribution in [0.3, 0.4) is 0 Å². The molecule has 0 radical (unpaired) electrons. The number of nitro benzene ring substituents is 1. The fraction of sp³-hybridized carbons (Fsp3) is 0.364. The molecule has 0 spiro atoms. The van der Waals surface area contributed by atoms with E-state index in [9.17, 15) is 14.9 Å². The smallest absolute Gasteiger partial charge is 0.287 e. The summed E-state index contributed by atoms with van der Waals surface area (Å²) in [5, 5.41) is 10.7. The second-order valence-corrected chi connectivity index (χ2v) is 4.66. The molecule has 1 aromatic rings. The minimum Gasteiger partial charge on any atom is -0.489 e. The van der Waals surface area contributed by atoms with Crippen LogP contribution in [0.15, 0.2) is 22.7 Å². The molecule has 0 aromatic heterocycles. The Labute approximate surface area is 106 Å². The van der Waals surface area contributed by atoms with Crippen LogP contribution in [0.4, 0.5) is 5.69 Å². The van der Waals surface area contributed by atoms with Gasteiger partial charge in [-0.15, -0.1) is 0 Å². The van der Waals surface area contributed by atoms with Crippen molar-refractivity contribution in [3.05, 3.63) is 32.8 Å². The van der Waals surface area contributed by atoms with Crippen LogP contribution < -0.4 is 4.74 Å². The van der Waals surface area contributed by atoms with E-state index in [4.69, 9.17) is 4.74 Å². The van der Waals surface area contributed by atoms with Crippen LogP contribution >= 0.6 is 15.9 Å². The van der Waals surface area contributed by atoms with Gasteiger partial charge in [0.2, 0.25) is 0 Å². The van der Waals surface area contributed by atoms with Crippen LogP contribution in [-0.2, 0) is 4.79 Å². The minimum absolute atomic E-state index is 0.0353. The summed E-state index contributed by atoms with van der Waals surface area (Å²) in [6.45, 7) is 0. The predicted molar refractivity (Wildman–Crippen MR) is 64.1 cm³/mol. The van der Waals surface area contributed by atoms with Crippen LogP contribution in [0.2, 0.25) is 0 Å². The molecular formula is C11H10BrNO4. The highest BCUT2D eigenvalue weighted by Crippen LogP contribution is 2.35. The van der Waals surface area contributed by atoms with E-state index in [0.717, 1.165) is 0 Å². The molecule has 1 fully saturated rings. The van der Waals surface area contributed by atoms with Gasteiger partial charge in [0.1, 0.15) is 22.1 Å². The van der Waals surface area contributed by atoms with Crippen molar-refractivity contribution in [2.24, 2.45) is 0 Å². The van der Waals surface area contributed by atoms with Gasteiger partial charge in [-0.25, -0.2) is 0 Å². The third kappa shape index (κ3) is 2.63. The van der Waals surface area contributed by atoms with Crippen molar-refractivity contribution in [1.82, 2.24) is 0 Å². The van der Waals surface area contributed by atoms with Crippen molar-refractivity contribution < 1.29 is 14.5 Å². The lowest BCUT2D eigenvalue weighted by Crippen LogP contribution is -2.12. The molecule has 0 heterocycles. The molecule has 5 nitrogen and oxygen atoms in total. The Morgan fingerprint density at radius 2 is 2.24 bits per heavy atom. The van der Waals surface area contributed by atoms with Crippen LogP contribution in [0.25, 0.3) is 0 Å². The summed E-state index contributed by atoms with van der Waals surface area (Å²) >= 11 is 3.15. The molecular weight excluding hydrogens is 290 g/mol. The highest BCUT2D eigenvalue weighted by Gasteiger charge is 2.25. The molecule has 0 amide bonds. The lowest BCUT2D eigenvalue weighted by Gasteiger charge is -2.13. The fourth-order valence-corrected chi connectivity index (χ4v) is 2.29. The average molecular weight is 300 g/mol. The van der Waals surface area contributed by atoms with Gasteiger partial charge in [0.25, 0.3) is 5.69 Å². The maximum Gasteiger partial charge on any atom is 0.287 e. The molecule has 1 aromatic carbocycles. The van der Waals surface area contributed by atoms with Crippen LogP contribution in [0, 0.1) is 10.1 Å². The lowest BCUT2D eigenvalue weighted by molar-refractivity contribution is -0.385. The Morgan fingerprint density at radius 3 is 2.82 bits per heavy atom. The second kappa shape index (κ2) is 4.83. The first-order chi connectivity index (χ1) is 8.08. The van der Waals surface area contributed by atoms with Gasteiger partial charge in [-0.1, -0.05) is 6.07 Å². The van der Waals surface area contributed by atoms with Crippen molar-refractivity contribution in [2.75, 3.05) is 0 Å². The Morgan fingerprint density at radius 1 is 1.47 bits per heavy atom. The summed E-state index contributed by atoms with van der Waals surface area (Å²) in [6, 6.07) is 4.62. The molecule has 2 rings (SSSR count). The summed E-state index contributed by atoms with van der Waals surface area (Å²) in [4.78, 5) is 21.4. The van der Waals surface area contributed by atoms with Crippen molar-refractivity contribution in [2.45, 2.75) is 25.4 Å². The number of carbonyl (C=O) groups excluding carboxylic acids is 1. The minimum atomic E-state index is -0.475. The van der Waals surface area contributed by atoms with E-state index in [1.807, 2.05) is 0 Å². The van der Waals surface area contributed by atoms with E-state index >= 15 is 0 Å². The number of carbonyl (C=O) groups is 1. The monoisotopic (exact) mass is 299 g/mol. The second-order valence-electron chi connectivity index (χ2n) is 3.87. The van der Waals surface area contributed by atoms with Gasteiger partial charge in [0.05, 0.1) is 4.92 Å². The number of halogens is 1. The molecule has 0 saturated heterocycles. The first kappa shape index (κ1) is 12.0. The lowest BCUT2D eigenvalue weighted by atomic mass is 10.3. The normalized spacial score (nSPS) is 19.4. The van der Waals surface area contributed by atoms with E-state index < -0.39 is 4.92 Å². The molecule has 6 heteroatoms. The van der Waals surface area contributed by atoms with Crippen molar-refractivity contribution in [1.29, 1.82) is 0 Å². The van der Waals surface area contributed by atoms with Gasteiger partial charge in [-0.2, -0.15) is 0 Å². The molecule has 90 valence electrons. The first-order valence-electron chi connectivity index (χ1n) is 5.19. The van der Waals surface area contributed by atoms with Crippen LogP contribution in [0.1, 0.15) is 19.3 Å². The van der Waals surface area contributed by atoms with Crippen molar-refractivity contribution in [3.8, 4) is 5.75 Å². The predicted octanol–water partition coefficient (Wildman–Crippen LogP) is 2.86. The van der Waals surface area contributed by atoms with Gasteiger partial charge in [-0.05, 0) is 28.4 Å². The third-order valence-electron chi connectivity index (χ3n) is 2.63. The quantitative estimate of drug-likeness (QED) is 0.635. The maximum atomic E-state index is 11.1. The SMILES string of the molecule is O=C1CCC(Oc2cccc([N+](=O)[O-])c2Br)C1. The molecule has 1 aliphatic carbocycles. The molecule has 1 unspecified atom stereocenters. The molecule has 0 N–H and O–H groups in total. The largest absolute Gasteiger partial charge is 0.489 e. The number of rotatable bonds is 3. The zero-order valence-corrected chi connectivity index (χ0v) is 10.5. The Kier molecular flexibility index (Phi) is 3.42. The first-order valence-corrected chi connectivity index (χ1v) is 5.98. The van der Waals surface area contributed by atoms with Gasteiger partial charge >= 0.3 is 0 Å². The number of ether oxygens (including phenoxy) is 1. The van der Waals surface area contributed by atoms with Gasteiger partial charge in [0, 0.05) is 18.9 Å². The van der Waals surface area contributed by atoms with Crippen molar-refractivity contribution in [3.63, 3.8) is 0 Å². The third-order valence-corrected chi connectivity index (χ3v) is 3.43. The summed E-state index contributed by atoms with van der Waals surface area (Å²) in [5.41, 5.74) is -0.0353. The fourth-order valence-electron chi connectivity index (χ4n) is 1.79. The average Bonchev–Trinajstić information content (AvgIpc) is 2.67. The summed E-state index contributed by atoms with van der Waals surface area (Å²) in [6.07, 6.45) is 1.42. The van der Waals surface area contributed by atoms with E-state index in [2.05, 4.69) is 15.9 Å². The van der Waals surface area contributed by atoms with Gasteiger partial charge < -0.3 is 4.74 Å². The number of ketones is 1. The van der Waals surface area contributed by atoms with E-state index in [1.165, 1.54) is 6.07 Å². The number of nitrogens with zero attached hydrogens (tertiary/aromatic N) is 1. The summed E-state index contributed by atoms with van der Waals surface area (Å²) in [7, 11) is 0. The highest BCUT2D eigenvalue weighted by molar-refractivity contribution is 9.10. The molecule has 1 saturated carbocycles. The zero-order chi connectivity index (χ0) is 12.4.